The number of ether oxygens (including phenoxy) is 7. The monoisotopic (exact) mass is 1740 g/mol. The minimum atomic E-state index is -0.891. The average Bonchev–Trinajstić information content (AvgIpc) is 0.812. The zero-order valence-corrected chi connectivity index (χ0v) is 78.1. The van der Waals surface area contributed by atoms with E-state index < -0.39 is 49.8 Å². The summed E-state index contributed by atoms with van der Waals surface area (Å²) in [4.78, 5) is 117. The van der Waals surface area contributed by atoms with Crippen LogP contribution in [-0.4, -0.2) is 212 Å². The molecule has 3 fully saturated rings. The molecule has 0 spiro atoms. The number of hydrogen-bond donors (Lipinski definition) is 1. The molecule has 3 aliphatic rings. The molecule has 6 aromatic carbocycles. The zero-order chi connectivity index (χ0) is 90.5. The Morgan fingerprint density at radius 1 is 0.325 bits per heavy atom. The van der Waals surface area contributed by atoms with Gasteiger partial charge in [-0.25, -0.2) is 14.4 Å². The van der Waals surface area contributed by atoms with E-state index in [1.807, 2.05) is 265 Å². The molecule has 9 rings (SSSR count). The second-order valence-electron chi connectivity index (χ2n) is 35.9. The second kappa shape index (κ2) is 46.2. The minimum absolute atomic E-state index is 0.196. The Bertz CT molecular complexity index is 4140. The van der Waals surface area contributed by atoms with Crippen molar-refractivity contribution in [3.63, 3.8) is 0 Å². The average molecular weight is 1750 g/mol. The van der Waals surface area contributed by atoms with Gasteiger partial charge in [0.2, 0.25) is 5.24 Å². The van der Waals surface area contributed by atoms with Crippen molar-refractivity contribution >= 4 is 80.9 Å². The van der Waals surface area contributed by atoms with Crippen molar-refractivity contribution in [2.45, 2.75) is 221 Å². The first-order valence-electron chi connectivity index (χ1n) is 40.7. The zero-order valence-electron chi connectivity index (χ0n) is 75.8. The van der Waals surface area contributed by atoms with Crippen LogP contribution in [-0.2, 0) is 120 Å². The van der Waals surface area contributed by atoms with Crippen molar-refractivity contribution in [2.75, 3.05) is 107 Å². The number of methoxy groups -OCH3 is 4. The van der Waals surface area contributed by atoms with E-state index in [0.717, 1.165) is 103 Å². The van der Waals surface area contributed by atoms with E-state index in [1.54, 1.807) is 28.5 Å². The largest absolute Gasteiger partial charge is 0.481 e. The van der Waals surface area contributed by atoms with Gasteiger partial charge in [0.25, 0.3) is 0 Å². The lowest BCUT2D eigenvalue weighted by Gasteiger charge is -2.35. The number of carboxylic acid groups (broad SMARTS) is 1. The van der Waals surface area contributed by atoms with Crippen LogP contribution < -0.4 is 0 Å². The van der Waals surface area contributed by atoms with E-state index in [1.165, 1.54) is 56.3 Å². The SMILES string of the molecule is CC(C)(C)OC(=O)N1CCN(Cc2ccc(C(C)(C)C(=O)Cl)cc2)CC1.CC(C)(C)OC(=O)N1CCN(Cc2ccc(C(C)(C)C(=O)O)cc2)CC1.COC(=O)C(C)(C)c1ccc(C)cc1.COC(=O)C(C)(C)c1ccc(CBr)cc1.COC(=O)C(C)(C)c1ccc(CN2CCN(C(=O)OC(C)(C)C)CC2)cc1.COC(=O)Cc1ccc(C)cc1. The highest BCUT2D eigenvalue weighted by Gasteiger charge is 2.36. The molecule has 120 heavy (non-hydrogen) atoms. The van der Waals surface area contributed by atoms with Gasteiger partial charge in [-0.15, -0.1) is 0 Å². The molecule has 3 aliphatic heterocycles. The van der Waals surface area contributed by atoms with E-state index in [9.17, 15) is 48.3 Å². The fraction of sp³-hybridized carbons (Fsp3) is 0.526. The molecule has 660 valence electrons. The molecule has 3 saturated heterocycles. The van der Waals surface area contributed by atoms with Crippen LogP contribution in [0.1, 0.15) is 198 Å². The standard InChI is InChI=1S/C21H32N2O4.C20H29ClN2O3.C20H30N2O4.C12H15BrO2.C12H16O2.C10H12O2/c1-20(2,3)27-19(25)23-13-11-22(12-14-23)15-16-7-9-17(10-8-16)21(4,5)18(24)26-6;1-19(2,3)26-18(25)23-12-10-22(11-13-23)14-15-6-8-16(9-7-15)20(4,5)17(21)24;1-19(2,3)26-18(25)22-12-10-21(11-13-22)14-15-6-8-16(9-7-15)20(4,5)17(23)24;1-12(2,11(14)15-3)10-6-4-9(8-13)5-7-10;1-9-5-7-10(8-6-9)12(2,3)11(13)14-4;1-8-3-5-9(6-4-8)7-10(11)12-2/h7-10H,11-15H2,1-6H3;6-9H,10-14H2,1-5H3;6-9H,10-14H2,1-5H3,(H,23,24);4-7H,8H2,1-3H3;5-8H,1-4H3;3-6H,7H2,1-2H3. The first-order valence-corrected chi connectivity index (χ1v) is 42.2. The van der Waals surface area contributed by atoms with E-state index in [2.05, 4.69) is 47.5 Å². The second-order valence-corrected chi connectivity index (χ2v) is 36.8. The molecule has 0 bridgehead atoms. The number of amides is 3. The highest BCUT2D eigenvalue weighted by Crippen LogP contribution is 2.31. The Kier molecular flexibility index (Phi) is 39.7. The van der Waals surface area contributed by atoms with E-state index in [4.69, 9.17) is 40.0 Å². The van der Waals surface area contributed by atoms with E-state index in [0.29, 0.717) is 45.7 Å². The van der Waals surface area contributed by atoms with E-state index >= 15 is 0 Å². The number of carbonyl (C=O) groups excluding carboxylic acids is 8. The third-order valence-electron chi connectivity index (χ3n) is 20.7. The first kappa shape index (κ1) is 103. The van der Waals surface area contributed by atoms with Gasteiger partial charge in [-0.3, -0.25) is 43.5 Å². The maximum atomic E-state index is 12.1. The number of piperazine rings is 3. The third-order valence-corrected chi connectivity index (χ3v) is 21.9. The van der Waals surface area contributed by atoms with Gasteiger partial charge in [-0.05, 0) is 213 Å². The molecule has 3 amide bonds. The van der Waals surface area contributed by atoms with Crippen molar-refractivity contribution in [1.82, 2.24) is 29.4 Å². The molecule has 23 nitrogen and oxygen atoms in total. The highest BCUT2D eigenvalue weighted by atomic mass is 79.9. The van der Waals surface area contributed by atoms with Gasteiger partial charge in [0.1, 0.15) is 16.8 Å². The minimum Gasteiger partial charge on any atom is -0.481 e. The molecule has 0 radical (unpaired) electrons. The molecule has 0 aromatic heterocycles. The molecule has 0 atom stereocenters. The number of benzene rings is 6. The molecular formula is C95H134BrClN6O17. The van der Waals surface area contributed by atoms with Crippen LogP contribution in [0, 0.1) is 13.8 Å². The maximum Gasteiger partial charge on any atom is 0.410 e. The number of nitrogens with zero attached hydrogens (tertiary/aromatic N) is 6. The molecule has 6 aromatic rings. The van der Waals surface area contributed by atoms with Crippen LogP contribution in [0.25, 0.3) is 0 Å². The Balaban J connectivity index is 0.000000310. The number of aryl methyl sites for hydroxylation is 2. The summed E-state index contributed by atoms with van der Waals surface area (Å²) in [6.07, 6.45) is -0.375. The highest BCUT2D eigenvalue weighted by molar-refractivity contribution is 9.08. The predicted molar refractivity (Wildman–Crippen MR) is 475 cm³/mol. The van der Waals surface area contributed by atoms with Gasteiger partial charge < -0.3 is 53.0 Å². The lowest BCUT2D eigenvalue weighted by Crippen LogP contribution is -2.49. The smallest absolute Gasteiger partial charge is 0.410 e. The molecule has 25 heteroatoms. The van der Waals surface area contributed by atoms with Crippen molar-refractivity contribution < 1.29 is 81.4 Å². The van der Waals surface area contributed by atoms with Gasteiger partial charge >= 0.3 is 48.1 Å². The van der Waals surface area contributed by atoms with Crippen molar-refractivity contribution in [1.29, 1.82) is 0 Å². The van der Waals surface area contributed by atoms with Gasteiger partial charge in [0, 0.05) is 104 Å². The fourth-order valence-electron chi connectivity index (χ4n) is 12.4. The van der Waals surface area contributed by atoms with E-state index in [-0.39, 0.29) is 47.4 Å². The van der Waals surface area contributed by atoms with Gasteiger partial charge in [0.15, 0.2) is 0 Å². The van der Waals surface area contributed by atoms with Crippen molar-refractivity contribution in [3.05, 3.63) is 212 Å². The summed E-state index contributed by atoms with van der Waals surface area (Å²) in [6, 6.07) is 47.6. The van der Waals surface area contributed by atoms with Crippen LogP contribution in [0.15, 0.2) is 146 Å². The lowest BCUT2D eigenvalue weighted by atomic mass is 9.84. The van der Waals surface area contributed by atoms with Gasteiger partial charge in [-0.2, -0.15) is 0 Å². The lowest BCUT2D eigenvalue weighted by molar-refractivity contribution is -0.147. The normalized spacial score (nSPS) is 14.4. The summed E-state index contributed by atoms with van der Waals surface area (Å²) in [5.74, 6) is -1.69. The molecule has 0 unspecified atom stereocenters. The van der Waals surface area contributed by atoms with Crippen LogP contribution in [0.2, 0.25) is 0 Å². The number of hydrogen-bond acceptors (Lipinski definition) is 19. The van der Waals surface area contributed by atoms with Crippen molar-refractivity contribution in [2.24, 2.45) is 0 Å². The van der Waals surface area contributed by atoms with Crippen LogP contribution >= 0.6 is 27.5 Å². The topological polar surface area (TPSA) is 258 Å². The summed E-state index contributed by atoms with van der Waals surface area (Å²) in [7, 11) is 5.64. The van der Waals surface area contributed by atoms with Crippen LogP contribution in [0.5, 0.6) is 0 Å². The van der Waals surface area contributed by atoms with Crippen molar-refractivity contribution in [3.8, 4) is 0 Å². The third kappa shape index (κ3) is 33.7. The predicted octanol–water partition coefficient (Wildman–Crippen LogP) is 17.3. The Morgan fingerprint density at radius 2 is 0.550 bits per heavy atom. The molecule has 0 saturated carbocycles. The summed E-state index contributed by atoms with van der Waals surface area (Å²) in [5, 5.41) is 9.78. The van der Waals surface area contributed by atoms with Gasteiger partial charge in [0.05, 0.1) is 61.9 Å². The number of esters is 4. The summed E-state index contributed by atoms with van der Waals surface area (Å²) in [6.45, 7) is 50.4. The Hall–Kier alpha value is -9.20. The summed E-state index contributed by atoms with van der Waals surface area (Å²) in [5.41, 5.74) is 7.89. The number of rotatable bonds is 19. The van der Waals surface area contributed by atoms with Crippen LogP contribution in [0.3, 0.4) is 0 Å². The first-order chi connectivity index (χ1) is 55.7. The molecule has 0 aliphatic carbocycles. The Labute approximate surface area is 727 Å². The maximum absolute atomic E-state index is 12.1. The number of halogens is 2. The van der Waals surface area contributed by atoms with Crippen LogP contribution in [0.4, 0.5) is 14.4 Å². The molecular weight excluding hydrogens is 1610 g/mol. The quantitative estimate of drug-likeness (QED) is 0.0342. The number of carboxylic acids is 1. The molecule has 1 N–H and O–H groups in total. The number of alkyl halides is 1. The summed E-state index contributed by atoms with van der Waals surface area (Å²) >= 11 is 9.07. The fourth-order valence-corrected chi connectivity index (χ4v) is 12.9. The summed E-state index contributed by atoms with van der Waals surface area (Å²) < 4.78 is 35.3. The number of aliphatic carboxylic acids is 1. The number of carbonyl (C=O) groups is 9. The Morgan fingerprint density at radius 3 is 0.775 bits per heavy atom. The van der Waals surface area contributed by atoms with Gasteiger partial charge in [-0.1, -0.05) is 173 Å². The molecule has 3 heterocycles.